The van der Waals surface area contributed by atoms with Crippen LogP contribution in [0.5, 0.6) is 11.8 Å². The predicted octanol–water partition coefficient (Wildman–Crippen LogP) is 3.57. The summed E-state index contributed by atoms with van der Waals surface area (Å²) in [5.41, 5.74) is 0.0498. The summed E-state index contributed by atoms with van der Waals surface area (Å²) in [7, 11) is -1.62. The summed E-state index contributed by atoms with van der Waals surface area (Å²) in [6.45, 7) is 4.90. The first-order valence-electron chi connectivity index (χ1n) is 12.3. The van der Waals surface area contributed by atoms with Gasteiger partial charge in [-0.1, -0.05) is 11.6 Å². The van der Waals surface area contributed by atoms with Crippen LogP contribution in [0.15, 0.2) is 18.7 Å². The second kappa shape index (κ2) is 12.1. The fraction of sp³-hybridized carbons (Fsp3) is 0.565. The minimum atomic E-state index is -4.30. The molecule has 0 unspecified atom stereocenters. The van der Waals surface area contributed by atoms with E-state index < -0.39 is 39.6 Å². The molecule has 1 saturated carbocycles. The Morgan fingerprint density at radius 3 is 2.15 bits per heavy atom. The van der Waals surface area contributed by atoms with Gasteiger partial charge >= 0.3 is 0 Å². The van der Waals surface area contributed by atoms with E-state index in [0.29, 0.717) is 6.42 Å². The Morgan fingerprint density at radius 1 is 1.02 bits per heavy atom. The average molecular weight is 603 g/mol. The van der Waals surface area contributed by atoms with Crippen LogP contribution in [0, 0.1) is 5.92 Å². The van der Waals surface area contributed by atoms with Crippen molar-refractivity contribution < 1.29 is 31.4 Å². The second-order valence-corrected chi connectivity index (χ2v) is 11.8. The summed E-state index contributed by atoms with van der Waals surface area (Å²) in [4.78, 5) is 16.4. The van der Waals surface area contributed by atoms with Gasteiger partial charge < -0.3 is 14.2 Å². The van der Waals surface area contributed by atoms with E-state index in [4.69, 9.17) is 25.8 Å². The van der Waals surface area contributed by atoms with E-state index in [1.807, 2.05) is 0 Å². The van der Waals surface area contributed by atoms with Crippen LogP contribution in [0.2, 0.25) is 5.02 Å². The molecule has 0 amide bonds. The molecule has 13 nitrogen and oxygen atoms in total. The lowest BCUT2D eigenvalue weighted by molar-refractivity contribution is 0.00153. The van der Waals surface area contributed by atoms with E-state index >= 15 is 0 Å². The Kier molecular flexibility index (Phi) is 8.99. The molecule has 218 valence electrons. The minimum absolute atomic E-state index is 0.00935. The topological polar surface area (TPSA) is 156 Å². The first-order chi connectivity index (χ1) is 19.0. The number of hydrogen-bond acceptors (Lipinski definition) is 11. The number of aromatic nitrogens is 7. The van der Waals surface area contributed by atoms with Crippen LogP contribution in [-0.2, 0) is 14.8 Å². The molecule has 3 aromatic heterocycles. The monoisotopic (exact) mass is 602 g/mol. The van der Waals surface area contributed by atoms with Crippen molar-refractivity contribution in [1.29, 1.82) is 0 Å². The lowest BCUT2D eigenvalue weighted by Crippen LogP contribution is -2.35. The number of hydrogen-bond donors (Lipinski definition) is 1. The van der Waals surface area contributed by atoms with Gasteiger partial charge in [-0.25, -0.2) is 27.2 Å². The zero-order valence-electron chi connectivity index (χ0n) is 22.3. The fourth-order valence-electron chi connectivity index (χ4n) is 4.34. The zero-order valence-corrected chi connectivity index (χ0v) is 23.9. The predicted molar refractivity (Wildman–Crippen MR) is 140 cm³/mol. The summed E-state index contributed by atoms with van der Waals surface area (Å²) in [5, 5.41) is 7.17. The molecule has 1 N–H and O–H groups in total. The van der Waals surface area contributed by atoms with Gasteiger partial charge in [-0.05, 0) is 33.6 Å². The Bertz CT molecular complexity index is 1400. The van der Waals surface area contributed by atoms with Gasteiger partial charge in [-0.15, -0.1) is 10.2 Å². The largest absolute Gasteiger partial charge is 0.479 e. The van der Waals surface area contributed by atoms with Gasteiger partial charge in [0.15, 0.2) is 11.5 Å². The molecule has 17 heteroatoms. The van der Waals surface area contributed by atoms with Crippen LogP contribution in [0.4, 0.5) is 14.7 Å². The van der Waals surface area contributed by atoms with Gasteiger partial charge in [-0.2, -0.15) is 9.97 Å². The first-order valence-corrected chi connectivity index (χ1v) is 14.2. The minimum Gasteiger partial charge on any atom is -0.479 e. The maximum Gasteiger partial charge on any atom is 0.245 e. The number of sulfonamides is 1. The third-order valence-corrected chi connectivity index (χ3v) is 8.39. The molecule has 0 aliphatic heterocycles. The molecule has 40 heavy (non-hydrogen) atoms. The third kappa shape index (κ3) is 5.93. The van der Waals surface area contributed by atoms with Crippen LogP contribution < -0.4 is 14.2 Å². The van der Waals surface area contributed by atoms with Crippen LogP contribution in [0.3, 0.4) is 0 Å². The highest BCUT2D eigenvalue weighted by atomic mass is 35.5. The number of ether oxygens (including phenoxy) is 3. The first kappa shape index (κ1) is 29.7. The fourth-order valence-corrected chi connectivity index (χ4v) is 5.52. The summed E-state index contributed by atoms with van der Waals surface area (Å²) in [5.74, 6) is -1.82. The molecule has 0 saturated heterocycles. The summed E-state index contributed by atoms with van der Waals surface area (Å²) in [6.07, 6.45) is 0.455. The molecule has 3 aromatic rings. The van der Waals surface area contributed by atoms with E-state index in [0.717, 1.165) is 0 Å². The standard InChI is InChI=1S/C23H29ClF2N8O5S/c1-11(2)39-17(19-27-8-13(24)9-28-19)12(3)40(35,36)33-23-32-31-20(15-7-6-14(15)18(25)26)34(23)16-21(37-4)29-10-30-22(16)38-5/h8-12,14-15,17-18H,6-7H2,1-5H3,(H,32,33)/t12-,14-,15+,17+/m0/s1. The molecule has 3 heterocycles. The maximum atomic E-state index is 13.7. The van der Waals surface area contributed by atoms with Gasteiger partial charge in [0.1, 0.15) is 23.5 Å². The normalized spacial score (nSPS) is 18.9. The smallest absolute Gasteiger partial charge is 0.245 e. The van der Waals surface area contributed by atoms with Crippen LogP contribution in [0.1, 0.15) is 57.3 Å². The lowest BCUT2D eigenvalue weighted by Gasteiger charge is -2.35. The molecule has 1 fully saturated rings. The molecule has 0 spiro atoms. The van der Waals surface area contributed by atoms with Crippen LogP contribution in [-0.4, -0.2) is 75.1 Å². The van der Waals surface area contributed by atoms with Crippen molar-refractivity contribution in [2.24, 2.45) is 5.92 Å². The van der Waals surface area contributed by atoms with Gasteiger partial charge in [0, 0.05) is 24.2 Å². The highest BCUT2D eigenvalue weighted by molar-refractivity contribution is 7.93. The van der Waals surface area contributed by atoms with Crippen molar-refractivity contribution in [2.45, 2.75) is 63.4 Å². The van der Waals surface area contributed by atoms with Crippen molar-refractivity contribution in [1.82, 2.24) is 34.7 Å². The Morgan fingerprint density at radius 2 is 1.65 bits per heavy atom. The Hall–Kier alpha value is -3.24. The maximum absolute atomic E-state index is 13.7. The highest BCUT2D eigenvalue weighted by Crippen LogP contribution is 2.47. The van der Waals surface area contributed by atoms with Crippen molar-refractivity contribution in [3.8, 4) is 17.4 Å². The van der Waals surface area contributed by atoms with E-state index in [9.17, 15) is 17.2 Å². The molecule has 4 atom stereocenters. The number of alkyl halides is 2. The van der Waals surface area contributed by atoms with E-state index in [1.54, 1.807) is 13.8 Å². The lowest BCUT2D eigenvalue weighted by atomic mass is 9.73. The highest BCUT2D eigenvalue weighted by Gasteiger charge is 2.44. The Labute approximate surface area is 234 Å². The number of rotatable bonds is 12. The van der Waals surface area contributed by atoms with Gasteiger partial charge in [0.25, 0.3) is 0 Å². The quantitative estimate of drug-likeness (QED) is 0.323. The van der Waals surface area contributed by atoms with Crippen LogP contribution >= 0.6 is 11.6 Å². The van der Waals surface area contributed by atoms with Crippen molar-refractivity contribution in [2.75, 3.05) is 18.9 Å². The molecular formula is C23H29ClF2N8O5S. The number of nitrogens with zero attached hydrogens (tertiary/aromatic N) is 7. The SMILES string of the molecule is COc1ncnc(OC)c1-n1c(NS(=O)(=O)[C@@H](C)[C@@H](OC(C)C)c2ncc(Cl)cn2)nnc1[C@@H]1CC[C@@H]1C(F)F. The second-order valence-electron chi connectivity index (χ2n) is 9.36. The summed E-state index contributed by atoms with van der Waals surface area (Å²) >= 11 is 5.91. The van der Waals surface area contributed by atoms with E-state index in [-0.39, 0.29) is 52.6 Å². The number of halogens is 3. The van der Waals surface area contributed by atoms with Crippen molar-refractivity contribution >= 4 is 27.6 Å². The summed E-state index contributed by atoms with van der Waals surface area (Å²) in [6, 6.07) is 0. The molecule has 0 bridgehead atoms. The number of anilines is 1. The van der Waals surface area contributed by atoms with Crippen molar-refractivity contribution in [3.63, 3.8) is 0 Å². The van der Waals surface area contributed by atoms with Gasteiger partial charge in [0.2, 0.25) is 34.2 Å². The molecule has 1 aliphatic carbocycles. The zero-order chi connectivity index (χ0) is 29.2. The average Bonchev–Trinajstić information content (AvgIpc) is 3.26. The van der Waals surface area contributed by atoms with Gasteiger partial charge in [-0.3, -0.25) is 9.29 Å². The molecule has 1 aliphatic rings. The van der Waals surface area contributed by atoms with Gasteiger partial charge in [0.05, 0.1) is 25.3 Å². The summed E-state index contributed by atoms with van der Waals surface area (Å²) < 4.78 is 75.2. The van der Waals surface area contributed by atoms with Crippen LogP contribution in [0.25, 0.3) is 5.69 Å². The number of nitrogens with one attached hydrogen (secondary N) is 1. The van der Waals surface area contributed by atoms with Crippen molar-refractivity contribution in [3.05, 3.63) is 35.4 Å². The van der Waals surface area contributed by atoms with E-state index in [2.05, 4.69) is 34.9 Å². The number of methoxy groups -OCH3 is 2. The molecule has 4 rings (SSSR count). The molecule has 0 radical (unpaired) electrons. The Balaban J connectivity index is 1.80. The van der Waals surface area contributed by atoms with E-state index in [1.165, 1.54) is 44.4 Å². The molecule has 0 aromatic carbocycles. The third-order valence-electron chi connectivity index (χ3n) is 6.50. The molecular weight excluding hydrogens is 574 g/mol.